The first-order valence-corrected chi connectivity index (χ1v) is 5.37. The van der Waals surface area contributed by atoms with Crippen LogP contribution in [0.3, 0.4) is 0 Å². The first-order valence-electron chi connectivity index (χ1n) is 5.37. The lowest BCUT2D eigenvalue weighted by molar-refractivity contribution is -0.362. The third-order valence-electron chi connectivity index (χ3n) is 2.88. The van der Waals surface area contributed by atoms with Crippen LogP contribution < -0.4 is 0 Å². The normalized spacial score (nSPS) is 27.1. The topological polar surface area (TPSA) is 74.2 Å². The van der Waals surface area contributed by atoms with Gasteiger partial charge in [0.1, 0.15) is 13.2 Å². The Kier molecular flexibility index (Phi) is 3.16. The van der Waals surface area contributed by atoms with E-state index in [1.165, 1.54) is 0 Å². The van der Waals surface area contributed by atoms with Crippen LogP contribution in [0.5, 0.6) is 0 Å². The van der Waals surface area contributed by atoms with E-state index in [4.69, 9.17) is 24.1 Å². The zero-order valence-electron chi connectivity index (χ0n) is 9.23. The SMILES string of the molecule is CCC1(CC(=O)O)OCC2(CO1)OCCO2. The van der Waals surface area contributed by atoms with E-state index in [9.17, 15) is 4.79 Å². The van der Waals surface area contributed by atoms with Crippen molar-refractivity contribution < 1.29 is 28.8 Å². The lowest BCUT2D eigenvalue weighted by Crippen LogP contribution is -2.54. The summed E-state index contributed by atoms with van der Waals surface area (Å²) in [6.07, 6.45) is 0.314. The Morgan fingerprint density at radius 2 is 1.75 bits per heavy atom. The molecule has 0 saturated carbocycles. The molecule has 0 radical (unpaired) electrons. The first kappa shape index (κ1) is 11.8. The van der Waals surface area contributed by atoms with Crippen LogP contribution in [-0.2, 0) is 23.7 Å². The predicted octanol–water partition coefficient (Wildman–Crippen LogP) is 0.357. The second-order valence-corrected chi connectivity index (χ2v) is 4.02. The van der Waals surface area contributed by atoms with E-state index in [-0.39, 0.29) is 19.6 Å². The molecule has 0 aromatic rings. The molecule has 0 aromatic heterocycles. The van der Waals surface area contributed by atoms with Gasteiger partial charge in [-0.05, 0) is 6.42 Å². The largest absolute Gasteiger partial charge is 0.481 e. The average molecular weight is 232 g/mol. The minimum atomic E-state index is -1.04. The second kappa shape index (κ2) is 4.29. The number of carboxylic acids is 1. The Hall–Kier alpha value is -0.690. The summed E-state index contributed by atoms with van der Waals surface area (Å²) in [5, 5.41) is 8.80. The Bertz CT molecular complexity index is 260. The van der Waals surface area contributed by atoms with Crippen molar-refractivity contribution in [2.75, 3.05) is 26.4 Å². The van der Waals surface area contributed by atoms with E-state index in [0.29, 0.717) is 19.6 Å². The molecule has 2 aliphatic heterocycles. The second-order valence-electron chi connectivity index (χ2n) is 4.02. The summed E-state index contributed by atoms with van der Waals surface area (Å²) >= 11 is 0. The summed E-state index contributed by atoms with van der Waals surface area (Å²) in [4.78, 5) is 10.7. The van der Waals surface area contributed by atoms with Crippen molar-refractivity contribution in [1.29, 1.82) is 0 Å². The molecule has 6 heteroatoms. The summed E-state index contributed by atoms with van der Waals surface area (Å²) in [5.41, 5.74) is 0. The van der Waals surface area contributed by atoms with Crippen LogP contribution in [0.1, 0.15) is 19.8 Å². The van der Waals surface area contributed by atoms with Crippen LogP contribution in [0, 0.1) is 0 Å². The molecule has 0 amide bonds. The fourth-order valence-corrected chi connectivity index (χ4v) is 1.89. The Labute approximate surface area is 93.4 Å². The van der Waals surface area contributed by atoms with Crippen LogP contribution in [-0.4, -0.2) is 49.1 Å². The van der Waals surface area contributed by atoms with Crippen molar-refractivity contribution in [3.63, 3.8) is 0 Å². The maximum atomic E-state index is 10.7. The molecule has 6 nitrogen and oxygen atoms in total. The van der Waals surface area contributed by atoms with Crippen molar-refractivity contribution in [2.24, 2.45) is 0 Å². The van der Waals surface area contributed by atoms with Gasteiger partial charge in [-0.3, -0.25) is 4.79 Å². The van der Waals surface area contributed by atoms with Gasteiger partial charge in [-0.15, -0.1) is 0 Å². The molecule has 2 fully saturated rings. The summed E-state index contributed by atoms with van der Waals surface area (Å²) < 4.78 is 21.8. The molecule has 2 saturated heterocycles. The lowest BCUT2D eigenvalue weighted by Gasteiger charge is -2.42. The van der Waals surface area contributed by atoms with E-state index in [0.717, 1.165) is 0 Å². The van der Waals surface area contributed by atoms with Crippen molar-refractivity contribution in [1.82, 2.24) is 0 Å². The zero-order chi connectivity index (χ0) is 11.6. The van der Waals surface area contributed by atoms with E-state index in [1.54, 1.807) is 0 Å². The molecule has 0 atom stereocenters. The number of hydrogen-bond donors (Lipinski definition) is 1. The van der Waals surface area contributed by atoms with Gasteiger partial charge in [0.05, 0.1) is 19.6 Å². The third kappa shape index (κ3) is 2.20. The van der Waals surface area contributed by atoms with Gasteiger partial charge in [-0.25, -0.2) is 0 Å². The lowest BCUT2D eigenvalue weighted by atomic mass is 10.1. The van der Waals surface area contributed by atoms with Crippen molar-refractivity contribution >= 4 is 5.97 Å². The van der Waals surface area contributed by atoms with Crippen LogP contribution in [0.25, 0.3) is 0 Å². The molecular formula is C10H16O6. The van der Waals surface area contributed by atoms with Crippen molar-refractivity contribution in [3.8, 4) is 0 Å². The average Bonchev–Trinajstić information content (AvgIpc) is 2.71. The minimum absolute atomic E-state index is 0.167. The Morgan fingerprint density at radius 1 is 1.19 bits per heavy atom. The number of hydrogen-bond acceptors (Lipinski definition) is 5. The quantitative estimate of drug-likeness (QED) is 0.757. The highest BCUT2D eigenvalue weighted by atomic mass is 16.8. The van der Waals surface area contributed by atoms with Crippen LogP contribution in [0.4, 0.5) is 0 Å². The molecule has 92 valence electrons. The molecule has 1 spiro atoms. The molecule has 0 unspecified atom stereocenters. The Morgan fingerprint density at radius 3 is 2.19 bits per heavy atom. The van der Waals surface area contributed by atoms with Gasteiger partial charge in [0.2, 0.25) is 5.79 Å². The maximum Gasteiger partial charge on any atom is 0.308 e. The van der Waals surface area contributed by atoms with Gasteiger partial charge in [0.25, 0.3) is 0 Å². The van der Waals surface area contributed by atoms with Crippen molar-refractivity contribution in [3.05, 3.63) is 0 Å². The summed E-state index contributed by atoms with van der Waals surface area (Å²) in [6.45, 7) is 3.30. The van der Waals surface area contributed by atoms with E-state index >= 15 is 0 Å². The standard InChI is InChI=1S/C10H16O6/c1-2-9(5-8(11)12)15-6-10(7-16-9)13-3-4-14-10/h2-7H2,1H3,(H,11,12). The minimum Gasteiger partial charge on any atom is -0.481 e. The van der Waals surface area contributed by atoms with Crippen LogP contribution >= 0.6 is 0 Å². The molecule has 0 aromatic carbocycles. The van der Waals surface area contributed by atoms with Crippen LogP contribution in [0.2, 0.25) is 0 Å². The van der Waals surface area contributed by atoms with Crippen LogP contribution in [0.15, 0.2) is 0 Å². The van der Waals surface area contributed by atoms with E-state index < -0.39 is 17.5 Å². The Balaban J connectivity index is 1.98. The van der Waals surface area contributed by atoms with Gasteiger partial charge in [0, 0.05) is 0 Å². The molecule has 2 aliphatic rings. The number of rotatable bonds is 3. The monoisotopic (exact) mass is 232 g/mol. The smallest absolute Gasteiger partial charge is 0.308 e. The van der Waals surface area contributed by atoms with E-state index in [2.05, 4.69) is 0 Å². The van der Waals surface area contributed by atoms with Gasteiger partial charge >= 0.3 is 5.97 Å². The first-order chi connectivity index (χ1) is 7.60. The van der Waals surface area contributed by atoms with Crippen molar-refractivity contribution in [2.45, 2.75) is 31.3 Å². The molecule has 2 rings (SSSR count). The molecule has 1 N–H and O–H groups in total. The zero-order valence-corrected chi connectivity index (χ0v) is 9.23. The highest BCUT2D eigenvalue weighted by molar-refractivity contribution is 5.67. The fourth-order valence-electron chi connectivity index (χ4n) is 1.89. The summed E-state index contributed by atoms with van der Waals surface area (Å²) in [7, 11) is 0. The predicted molar refractivity (Wildman–Crippen MR) is 51.8 cm³/mol. The molecule has 0 bridgehead atoms. The van der Waals surface area contributed by atoms with Gasteiger partial charge in [-0.2, -0.15) is 0 Å². The highest BCUT2D eigenvalue weighted by Gasteiger charge is 2.48. The third-order valence-corrected chi connectivity index (χ3v) is 2.88. The van der Waals surface area contributed by atoms with Gasteiger partial charge < -0.3 is 24.1 Å². The summed E-state index contributed by atoms with van der Waals surface area (Å²) in [6, 6.07) is 0. The van der Waals surface area contributed by atoms with Gasteiger partial charge in [-0.1, -0.05) is 6.92 Å². The number of aliphatic carboxylic acids is 1. The molecule has 0 aliphatic carbocycles. The maximum absolute atomic E-state index is 10.7. The number of carboxylic acid groups (broad SMARTS) is 1. The molecule has 16 heavy (non-hydrogen) atoms. The number of carbonyl (C=O) groups is 1. The number of ether oxygens (including phenoxy) is 4. The van der Waals surface area contributed by atoms with E-state index in [1.807, 2.05) is 6.92 Å². The fraction of sp³-hybridized carbons (Fsp3) is 0.900. The highest BCUT2D eigenvalue weighted by Crippen LogP contribution is 2.34. The van der Waals surface area contributed by atoms with Gasteiger partial charge in [0.15, 0.2) is 5.79 Å². The molecular weight excluding hydrogens is 216 g/mol. The molecule has 2 heterocycles. The summed E-state index contributed by atoms with van der Waals surface area (Å²) in [5.74, 6) is -2.80.